The molecular weight excluding hydrogens is 428 g/mol. The second kappa shape index (κ2) is 13.3. The second-order valence-corrected chi connectivity index (χ2v) is 8.47. The molecule has 2 unspecified atom stereocenters. The van der Waals surface area contributed by atoms with Crippen LogP contribution >= 0.6 is 0 Å². The number of aliphatic hydroxyl groups is 1. The third kappa shape index (κ3) is 8.98. The number of rotatable bonds is 11. The van der Waals surface area contributed by atoms with Crippen molar-refractivity contribution >= 4 is 17.9 Å². The van der Waals surface area contributed by atoms with Crippen LogP contribution in [0.15, 0.2) is 24.3 Å². The number of nitrogens with zero attached hydrogens (tertiary/aromatic N) is 2. The van der Waals surface area contributed by atoms with Crippen molar-refractivity contribution in [2.45, 2.75) is 64.6 Å². The Bertz CT molecular complexity index is 846. The van der Waals surface area contributed by atoms with Gasteiger partial charge < -0.3 is 30.5 Å². The van der Waals surface area contributed by atoms with E-state index in [1.165, 1.54) is 12.1 Å². The van der Waals surface area contributed by atoms with Gasteiger partial charge in [0.15, 0.2) is 0 Å². The Labute approximate surface area is 194 Å². The third-order valence-corrected chi connectivity index (χ3v) is 4.57. The first-order valence-electron chi connectivity index (χ1n) is 10.9. The summed E-state index contributed by atoms with van der Waals surface area (Å²) in [4.78, 5) is 39.4. The molecule has 0 aliphatic rings. The highest BCUT2D eigenvalue weighted by atomic mass is 16.6. The van der Waals surface area contributed by atoms with Gasteiger partial charge in [0.2, 0.25) is 11.8 Å². The van der Waals surface area contributed by atoms with E-state index in [4.69, 9.17) is 4.74 Å². The van der Waals surface area contributed by atoms with Crippen molar-refractivity contribution in [3.8, 4) is 11.8 Å². The van der Waals surface area contributed by atoms with Gasteiger partial charge in [-0.15, -0.1) is 0 Å². The lowest BCUT2D eigenvalue weighted by Crippen LogP contribution is -2.54. The largest absolute Gasteiger partial charge is 0.508 e. The van der Waals surface area contributed by atoms with Crippen LogP contribution in [0.2, 0.25) is 0 Å². The van der Waals surface area contributed by atoms with Crippen molar-refractivity contribution in [2.24, 2.45) is 0 Å². The zero-order valence-electron chi connectivity index (χ0n) is 19.6. The first-order valence-corrected chi connectivity index (χ1v) is 10.9. The summed E-state index contributed by atoms with van der Waals surface area (Å²) in [5.41, 5.74) is -0.723. The van der Waals surface area contributed by atoms with E-state index in [0.29, 0.717) is 6.54 Å². The summed E-state index contributed by atoms with van der Waals surface area (Å²) in [5.74, 6) is -1.70. The normalized spacial score (nSPS) is 12.7. The summed E-state index contributed by atoms with van der Waals surface area (Å²) in [7, 11) is 0. The molecule has 1 rings (SSSR count). The maximum atomic E-state index is 13.3. The zero-order chi connectivity index (χ0) is 25.0. The number of alkyl carbamates (subject to hydrolysis) is 1. The Morgan fingerprint density at radius 1 is 1.21 bits per heavy atom. The highest BCUT2D eigenvalue weighted by molar-refractivity contribution is 5.92. The second-order valence-electron chi connectivity index (χ2n) is 8.47. The summed E-state index contributed by atoms with van der Waals surface area (Å²) < 4.78 is 5.13. The first-order chi connectivity index (χ1) is 15.6. The summed E-state index contributed by atoms with van der Waals surface area (Å²) >= 11 is 0. The Hall–Kier alpha value is -3.32. The standard InChI is InChI=1S/C23H34N4O6/c1-5-6-9-13-25-20(30)19(16-10-7-8-11-18(16)29)27(14-12-24)21(31)17(15-28)26-22(32)33-23(2,3)4/h7-8,10-11,17,19,28-29H,5-6,9,13-15H2,1-4H3,(H,25,30)(H,26,32). The number of carbonyl (C=O) groups excluding carboxylic acids is 3. The van der Waals surface area contributed by atoms with Gasteiger partial charge in [0.1, 0.15) is 30.0 Å². The summed E-state index contributed by atoms with van der Waals surface area (Å²) in [6, 6.07) is 5.01. The third-order valence-electron chi connectivity index (χ3n) is 4.57. The zero-order valence-corrected chi connectivity index (χ0v) is 19.6. The van der Waals surface area contributed by atoms with Crippen LogP contribution in [0, 0.1) is 11.3 Å². The molecule has 0 fully saturated rings. The Morgan fingerprint density at radius 3 is 2.42 bits per heavy atom. The predicted molar refractivity (Wildman–Crippen MR) is 121 cm³/mol. The van der Waals surface area contributed by atoms with Crippen LogP contribution in [0.3, 0.4) is 0 Å². The minimum Gasteiger partial charge on any atom is -0.508 e. The van der Waals surface area contributed by atoms with E-state index in [-0.39, 0.29) is 11.3 Å². The average Bonchev–Trinajstić information content (AvgIpc) is 2.74. The lowest BCUT2D eigenvalue weighted by molar-refractivity contribution is -0.142. The van der Waals surface area contributed by atoms with E-state index in [1.54, 1.807) is 32.9 Å². The number of unbranched alkanes of at least 4 members (excludes halogenated alkanes) is 2. The average molecular weight is 463 g/mol. The van der Waals surface area contributed by atoms with Gasteiger partial charge in [0.25, 0.3) is 0 Å². The van der Waals surface area contributed by atoms with Crippen LogP contribution in [-0.2, 0) is 14.3 Å². The fourth-order valence-electron chi connectivity index (χ4n) is 3.06. The van der Waals surface area contributed by atoms with Crippen molar-refractivity contribution in [3.63, 3.8) is 0 Å². The summed E-state index contributed by atoms with van der Waals surface area (Å²) in [5, 5.41) is 34.5. The van der Waals surface area contributed by atoms with Gasteiger partial charge in [-0.05, 0) is 33.3 Å². The number of phenols is 1. The lowest BCUT2D eigenvalue weighted by atomic mass is 10.0. The van der Waals surface area contributed by atoms with E-state index in [1.807, 2.05) is 13.0 Å². The van der Waals surface area contributed by atoms with Crippen LogP contribution in [0.4, 0.5) is 4.79 Å². The van der Waals surface area contributed by atoms with E-state index in [2.05, 4.69) is 10.6 Å². The monoisotopic (exact) mass is 462 g/mol. The number of para-hydroxylation sites is 1. The topological polar surface area (TPSA) is 152 Å². The number of benzene rings is 1. The molecule has 33 heavy (non-hydrogen) atoms. The van der Waals surface area contributed by atoms with Gasteiger partial charge in [0.05, 0.1) is 12.7 Å². The maximum absolute atomic E-state index is 13.3. The molecule has 10 heteroatoms. The summed E-state index contributed by atoms with van der Waals surface area (Å²) in [6.07, 6.45) is 1.64. The predicted octanol–water partition coefficient (Wildman–Crippen LogP) is 1.98. The molecule has 1 aromatic carbocycles. The molecule has 0 saturated heterocycles. The number of nitrogens with one attached hydrogen (secondary N) is 2. The van der Waals surface area contributed by atoms with Crippen LogP contribution in [0.25, 0.3) is 0 Å². The van der Waals surface area contributed by atoms with E-state index < -0.39 is 48.7 Å². The number of phenolic OH excluding ortho intramolecular Hbond substituents is 1. The molecule has 3 amide bonds. The van der Waals surface area contributed by atoms with Crippen LogP contribution < -0.4 is 10.6 Å². The van der Waals surface area contributed by atoms with Gasteiger partial charge in [-0.3, -0.25) is 9.59 Å². The Morgan fingerprint density at radius 2 is 1.88 bits per heavy atom. The molecule has 0 saturated carbocycles. The maximum Gasteiger partial charge on any atom is 0.408 e. The van der Waals surface area contributed by atoms with Crippen molar-refractivity contribution in [1.29, 1.82) is 5.26 Å². The molecule has 2 atom stereocenters. The van der Waals surface area contributed by atoms with Crippen molar-refractivity contribution < 1.29 is 29.3 Å². The quantitative estimate of drug-likeness (QED) is 0.290. The number of aliphatic hydroxyl groups excluding tert-OH is 1. The number of carbonyl (C=O) groups is 3. The van der Waals surface area contributed by atoms with Gasteiger partial charge in [-0.1, -0.05) is 38.0 Å². The molecule has 0 aliphatic heterocycles. The number of aromatic hydroxyl groups is 1. The molecular formula is C23H34N4O6. The number of nitriles is 1. The van der Waals surface area contributed by atoms with E-state index in [9.17, 15) is 29.9 Å². The molecule has 0 aromatic heterocycles. The molecule has 0 spiro atoms. The fourth-order valence-corrected chi connectivity index (χ4v) is 3.06. The number of amides is 3. The van der Waals surface area contributed by atoms with Gasteiger partial charge in [-0.25, -0.2) is 4.79 Å². The van der Waals surface area contributed by atoms with Crippen molar-refractivity contribution in [1.82, 2.24) is 15.5 Å². The molecule has 10 nitrogen and oxygen atoms in total. The number of hydrogen-bond donors (Lipinski definition) is 4. The Balaban J connectivity index is 3.26. The number of hydrogen-bond acceptors (Lipinski definition) is 7. The highest BCUT2D eigenvalue weighted by Crippen LogP contribution is 2.29. The molecule has 0 aliphatic carbocycles. The molecule has 182 valence electrons. The lowest BCUT2D eigenvalue weighted by Gasteiger charge is -2.32. The molecule has 0 heterocycles. The summed E-state index contributed by atoms with van der Waals surface area (Å²) in [6.45, 7) is 5.99. The van der Waals surface area contributed by atoms with Gasteiger partial charge >= 0.3 is 6.09 Å². The van der Waals surface area contributed by atoms with Crippen LogP contribution in [-0.4, -0.2) is 64.4 Å². The number of ether oxygens (including phenoxy) is 1. The molecule has 4 N–H and O–H groups in total. The van der Waals surface area contributed by atoms with E-state index in [0.717, 1.165) is 24.2 Å². The van der Waals surface area contributed by atoms with Gasteiger partial charge in [0, 0.05) is 12.1 Å². The van der Waals surface area contributed by atoms with Gasteiger partial charge in [-0.2, -0.15) is 5.26 Å². The van der Waals surface area contributed by atoms with Crippen molar-refractivity contribution in [2.75, 3.05) is 19.7 Å². The van der Waals surface area contributed by atoms with E-state index >= 15 is 0 Å². The minimum atomic E-state index is -1.46. The molecule has 0 radical (unpaired) electrons. The first kappa shape index (κ1) is 27.7. The van der Waals surface area contributed by atoms with Crippen LogP contribution in [0.1, 0.15) is 58.6 Å². The molecule has 0 bridgehead atoms. The fraction of sp³-hybridized carbons (Fsp3) is 0.565. The smallest absolute Gasteiger partial charge is 0.408 e. The minimum absolute atomic E-state index is 0.114. The SMILES string of the molecule is CCCCCNC(=O)C(c1ccccc1O)N(CC#N)C(=O)C(CO)NC(=O)OC(C)(C)C. The van der Waals surface area contributed by atoms with Crippen LogP contribution in [0.5, 0.6) is 5.75 Å². The van der Waals surface area contributed by atoms with Crippen molar-refractivity contribution in [3.05, 3.63) is 29.8 Å². The highest BCUT2D eigenvalue weighted by Gasteiger charge is 2.37. The Kier molecular flexibility index (Phi) is 11.2. The molecule has 1 aromatic rings.